The van der Waals surface area contributed by atoms with Crippen LogP contribution in [-0.4, -0.2) is 21.2 Å². The molecule has 0 saturated heterocycles. The van der Waals surface area contributed by atoms with Crippen molar-refractivity contribution in [3.63, 3.8) is 0 Å². The number of nitrogens with zero attached hydrogens (tertiary/aromatic N) is 2. The third-order valence-electron chi connectivity index (χ3n) is 5.17. The summed E-state index contributed by atoms with van der Waals surface area (Å²) in [6.07, 6.45) is 2.12. The number of hydrogen-bond donors (Lipinski definition) is 1. The number of nitrogens with one attached hydrogen (secondary N) is 1. The van der Waals surface area contributed by atoms with Crippen LogP contribution >= 0.6 is 34.7 Å². The van der Waals surface area contributed by atoms with Gasteiger partial charge in [0, 0.05) is 33.6 Å². The van der Waals surface area contributed by atoms with Gasteiger partial charge in [-0.3, -0.25) is 4.79 Å². The molecule has 0 bridgehead atoms. The molecule has 0 atom stereocenters. The Labute approximate surface area is 199 Å². The maximum Gasteiger partial charge on any atom is 0.236 e. The minimum Gasteiger partial charge on any atom is -0.342 e. The van der Waals surface area contributed by atoms with E-state index in [1.165, 1.54) is 22.5 Å². The molecule has 0 unspecified atom stereocenters. The minimum absolute atomic E-state index is 0.0553. The first-order chi connectivity index (χ1) is 15.5. The highest BCUT2D eigenvalue weighted by Crippen LogP contribution is 2.31. The smallest absolute Gasteiger partial charge is 0.236 e. The summed E-state index contributed by atoms with van der Waals surface area (Å²) in [5.41, 5.74) is 4.42. The molecule has 0 aliphatic heterocycles. The van der Waals surface area contributed by atoms with Crippen molar-refractivity contribution >= 4 is 66.9 Å². The summed E-state index contributed by atoms with van der Waals surface area (Å²) in [5.74, 6) is 0.268. The van der Waals surface area contributed by atoms with E-state index >= 15 is 0 Å². The molecular weight excluding hydrogens is 458 g/mol. The number of thiazole rings is 1. The van der Waals surface area contributed by atoms with E-state index in [-0.39, 0.29) is 5.91 Å². The second kappa shape index (κ2) is 8.98. The van der Waals surface area contributed by atoms with Gasteiger partial charge >= 0.3 is 0 Å². The van der Waals surface area contributed by atoms with E-state index in [0.29, 0.717) is 10.9 Å². The second-order valence-electron chi connectivity index (χ2n) is 7.59. The largest absolute Gasteiger partial charge is 0.342 e. The van der Waals surface area contributed by atoms with Crippen molar-refractivity contribution in [2.45, 2.75) is 18.4 Å². The number of carbonyl (C=O) groups excluding carboxylic acids is 1. The predicted octanol–water partition coefficient (Wildman–Crippen LogP) is 6.99. The first kappa shape index (κ1) is 21.1. The monoisotopic (exact) mass is 477 g/mol. The van der Waals surface area contributed by atoms with Gasteiger partial charge in [0.2, 0.25) is 5.91 Å². The Hall–Kier alpha value is -2.80. The number of halogens is 1. The summed E-state index contributed by atoms with van der Waals surface area (Å²) in [7, 11) is 0. The molecule has 0 spiro atoms. The van der Waals surface area contributed by atoms with Crippen LogP contribution in [0.2, 0.25) is 5.02 Å². The van der Waals surface area contributed by atoms with Crippen molar-refractivity contribution in [3.05, 3.63) is 89.1 Å². The molecule has 7 heteroatoms. The summed E-state index contributed by atoms with van der Waals surface area (Å²) in [5, 5.41) is 5.47. The van der Waals surface area contributed by atoms with E-state index < -0.39 is 0 Å². The molecular formula is C25H20ClN3OS2. The quantitative estimate of drug-likeness (QED) is 0.268. The second-order valence-corrected chi connectivity index (χ2v) is 10.1. The number of amides is 1. The summed E-state index contributed by atoms with van der Waals surface area (Å²) in [6.45, 7) is 2.80. The lowest BCUT2D eigenvalue weighted by Crippen LogP contribution is -2.13. The van der Waals surface area contributed by atoms with E-state index in [9.17, 15) is 4.79 Å². The Morgan fingerprint density at radius 2 is 1.94 bits per heavy atom. The molecule has 1 N–H and O–H groups in total. The van der Waals surface area contributed by atoms with Gasteiger partial charge in [-0.15, -0.1) is 11.8 Å². The molecule has 3 aromatic carbocycles. The molecule has 32 heavy (non-hydrogen) atoms. The number of thioether (sulfide) groups is 1. The number of anilines is 1. The zero-order valence-corrected chi connectivity index (χ0v) is 19.7. The van der Waals surface area contributed by atoms with E-state index in [2.05, 4.69) is 46.2 Å². The number of benzene rings is 3. The van der Waals surface area contributed by atoms with Crippen LogP contribution in [0.5, 0.6) is 0 Å². The van der Waals surface area contributed by atoms with Gasteiger partial charge in [0.05, 0.1) is 16.0 Å². The number of aromatic nitrogens is 2. The topological polar surface area (TPSA) is 46.9 Å². The molecule has 0 aliphatic rings. The van der Waals surface area contributed by atoms with Gasteiger partial charge < -0.3 is 9.88 Å². The number of aryl methyl sites for hydroxylation is 1. The summed E-state index contributed by atoms with van der Waals surface area (Å²) < 4.78 is 3.30. The van der Waals surface area contributed by atoms with Gasteiger partial charge in [0.25, 0.3) is 0 Å². The molecule has 0 aliphatic carbocycles. The van der Waals surface area contributed by atoms with Gasteiger partial charge in [-0.05, 0) is 48.4 Å². The first-order valence-corrected chi connectivity index (χ1v) is 12.4. The SMILES string of the molecule is Cc1ccc2nc(NC(=O)CSc3cn(Cc4ccc(Cl)cc4)c4ccccc34)sc2c1. The summed E-state index contributed by atoms with van der Waals surface area (Å²) >= 11 is 9.07. The molecule has 0 saturated carbocycles. The molecule has 5 rings (SSSR count). The van der Waals surface area contributed by atoms with Crippen LogP contribution in [-0.2, 0) is 11.3 Å². The maximum absolute atomic E-state index is 12.6. The standard InChI is InChI=1S/C25H20ClN3OS2/c1-16-6-11-20-22(12-16)32-25(27-20)28-24(30)15-31-23-14-29(21-5-3-2-4-19(21)23)13-17-7-9-18(26)10-8-17/h2-12,14H,13,15H2,1H3,(H,27,28,30). The molecule has 160 valence electrons. The Balaban J connectivity index is 1.31. The van der Waals surface area contributed by atoms with Crippen LogP contribution in [0.1, 0.15) is 11.1 Å². The average Bonchev–Trinajstić information content (AvgIpc) is 3.34. The molecule has 1 amide bonds. The van der Waals surface area contributed by atoms with Crippen LogP contribution in [0.25, 0.3) is 21.1 Å². The summed E-state index contributed by atoms with van der Waals surface area (Å²) in [6, 6.07) is 22.3. The third-order valence-corrected chi connectivity index (χ3v) is 7.40. The normalized spacial score (nSPS) is 11.3. The van der Waals surface area contributed by atoms with Crippen LogP contribution in [0, 0.1) is 6.92 Å². The highest BCUT2D eigenvalue weighted by molar-refractivity contribution is 8.00. The average molecular weight is 478 g/mol. The first-order valence-electron chi connectivity index (χ1n) is 10.2. The fourth-order valence-electron chi connectivity index (χ4n) is 3.63. The van der Waals surface area contributed by atoms with E-state index in [1.54, 1.807) is 11.8 Å². The molecule has 0 radical (unpaired) electrons. The lowest BCUT2D eigenvalue weighted by Gasteiger charge is -2.05. The Kier molecular flexibility index (Phi) is 5.91. The fourth-order valence-corrected chi connectivity index (χ4v) is 5.62. The number of hydrogen-bond acceptors (Lipinski definition) is 4. The predicted molar refractivity (Wildman–Crippen MR) is 136 cm³/mol. The number of rotatable bonds is 6. The van der Waals surface area contributed by atoms with E-state index in [1.807, 2.05) is 48.5 Å². The van der Waals surface area contributed by atoms with Crippen molar-refractivity contribution < 1.29 is 4.79 Å². The number of para-hydroxylation sites is 1. The Morgan fingerprint density at radius 3 is 2.78 bits per heavy atom. The van der Waals surface area contributed by atoms with Gasteiger partial charge in [-0.25, -0.2) is 4.98 Å². The summed E-state index contributed by atoms with van der Waals surface area (Å²) in [4.78, 5) is 18.2. The lowest BCUT2D eigenvalue weighted by molar-refractivity contribution is -0.113. The fraction of sp³-hybridized carbons (Fsp3) is 0.120. The highest BCUT2D eigenvalue weighted by atomic mass is 35.5. The minimum atomic E-state index is -0.0553. The van der Waals surface area contributed by atoms with Gasteiger partial charge in [-0.1, -0.05) is 59.3 Å². The molecule has 4 nitrogen and oxygen atoms in total. The lowest BCUT2D eigenvalue weighted by atomic mass is 10.2. The van der Waals surface area contributed by atoms with Crippen molar-refractivity contribution in [1.82, 2.24) is 9.55 Å². The van der Waals surface area contributed by atoms with Crippen molar-refractivity contribution in [1.29, 1.82) is 0 Å². The van der Waals surface area contributed by atoms with Crippen molar-refractivity contribution in [2.24, 2.45) is 0 Å². The van der Waals surface area contributed by atoms with Crippen molar-refractivity contribution in [2.75, 3.05) is 11.1 Å². The molecule has 0 fully saturated rings. The van der Waals surface area contributed by atoms with Gasteiger partial charge in [-0.2, -0.15) is 0 Å². The number of carbonyl (C=O) groups is 1. The zero-order valence-electron chi connectivity index (χ0n) is 17.3. The van der Waals surface area contributed by atoms with Crippen LogP contribution < -0.4 is 5.32 Å². The van der Waals surface area contributed by atoms with E-state index in [4.69, 9.17) is 11.6 Å². The molecule has 5 aromatic rings. The van der Waals surface area contributed by atoms with Gasteiger partial charge in [0.15, 0.2) is 5.13 Å². The van der Waals surface area contributed by atoms with Gasteiger partial charge in [0.1, 0.15) is 0 Å². The third kappa shape index (κ3) is 4.53. The molecule has 2 aromatic heterocycles. The Morgan fingerprint density at radius 1 is 1.12 bits per heavy atom. The van der Waals surface area contributed by atoms with Crippen LogP contribution in [0.4, 0.5) is 5.13 Å². The number of fused-ring (bicyclic) bond motifs is 2. The van der Waals surface area contributed by atoms with E-state index in [0.717, 1.165) is 37.6 Å². The Bertz CT molecular complexity index is 1420. The van der Waals surface area contributed by atoms with Crippen LogP contribution in [0.3, 0.4) is 0 Å². The van der Waals surface area contributed by atoms with Crippen LogP contribution in [0.15, 0.2) is 77.8 Å². The zero-order chi connectivity index (χ0) is 22.1. The highest BCUT2D eigenvalue weighted by Gasteiger charge is 2.13. The maximum atomic E-state index is 12.6. The molecule has 2 heterocycles. The van der Waals surface area contributed by atoms with Crippen molar-refractivity contribution in [3.8, 4) is 0 Å².